The Morgan fingerprint density at radius 1 is 0.861 bits per heavy atom. The number of hydrogen-bond donors (Lipinski definition) is 0. The minimum atomic E-state index is -0.477. The lowest BCUT2D eigenvalue weighted by Gasteiger charge is -2.37. The van der Waals surface area contributed by atoms with E-state index in [4.69, 9.17) is 9.47 Å². The standard InChI is InChI=1S/C28H30N4O4/c1-35-22-10-6-20(7-11-22)27-24(19-26(33)32(27)21-8-12-23(36-2)13-9-21)28(34)31-17-15-30(16-18-31)25-5-3-4-14-29-25/h3-14,24,27H,15-19H2,1-2H3/t24-,27+/m0/s1. The van der Waals surface area contributed by atoms with E-state index in [9.17, 15) is 9.59 Å². The first kappa shape index (κ1) is 23.7. The van der Waals surface area contributed by atoms with Crippen molar-refractivity contribution >= 4 is 23.3 Å². The molecule has 0 N–H and O–H groups in total. The molecule has 0 radical (unpaired) electrons. The third-order valence-corrected chi connectivity index (χ3v) is 7.01. The number of methoxy groups -OCH3 is 2. The van der Waals surface area contributed by atoms with Crippen LogP contribution in [0.1, 0.15) is 18.0 Å². The van der Waals surface area contributed by atoms with E-state index >= 15 is 0 Å². The first-order valence-electron chi connectivity index (χ1n) is 12.1. The number of benzene rings is 2. The highest BCUT2D eigenvalue weighted by atomic mass is 16.5. The average Bonchev–Trinajstić information content (AvgIpc) is 3.30. The fourth-order valence-electron chi connectivity index (χ4n) is 5.12. The van der Waals surface area contributed by atoms with Crippen molar-refractivity contribution in [1.82, 2.24) is 9.88 Å². The van der Waals surface area contributed by atoms with E-state index < -0.39 is 12.0 Å². The van der Waals surface area contributed by atoms with Crippen LogP contribution in [0.25, 0.3) is 0 Å². The van der Waals surface area contributed by atoms with E-state index in [0.29, 0.717) is 31.9 Å². The number of pyridine rings is 1. The second kappa shape index (κ2) is 10.3. The number of rotatable bonds is 6. The van der Waals surface area contributed by atoms with Crippen molar-refractivity contribution in [3.05, 3.63) is 78.5 Å². The lowest BCUT2D eigenvalue weighted by Crippen LogP contribution is -2.51. The quantitative estimate of drug-likeness (QED) is 0.531. The molecule has 186 valence electrons. The molecule has 8 heteroatoms. The molecule has 1 aromatic heterocycles. The van der Waals surface area contributed by atoms with Crippen LogP contribution in [-0.2, 0) is 9.59 Å². The highest BCUT2D eigenvalue weighted by Gasteiger charge is 2.46. The van der Waals surface area contributed by atoms with Crippen LogP contribution in [0.5, 0.6) is 11.5 Å². The number of carbonyl (C=O) groups excluding carboxylic acids is 2. The molecule has 3 heterocycles. The zero-order chi connectivity index (χ0) is 25.1. The molecule has 2 fully saturated rings. The molecular weight excluding hydrogens is 456 g/mol. The number of aromatic nitrogens is 1. The predicted octanol–water partition coefficient (Wildman–Crippen LogP) is 3.54. The summed E-state index contributed by atoms with van der Waals surface area (Å²) in [5.74, 6) is 1.83. The Bertz CT molecular complexity index is 1190. The van der Waals surface area contributed by atoms with Gasteiger partial charge in [-0.2, -0.15) is 0 Å². The second-order valence-corrected chi connectivity index (χ2v) is 8.99. The molecule has 3 aromatic rings. The maximum Gasteiger partial charge on any atom is 0.228 e. The molecule has 0 aliphatic carbocycles. The number of amides is 2. The van der Waals surface area contributed by atoms with E-state index in [1.807, 2.05) is 71.6 Å². The maximum atomic E-state index is 13.8. The summed E-state index contributed by atoms with van der Waals surface area (Å²) >= 11 is 0. The van der Waals surface area contributed by atoms with Crippen LogP contribution in [0.4, 0.5) is 11.5 Å². The lowest BCUT2D eigenvalue weighted by molar-refractivity contribution is -0.136. The minimum absolute atomic E-state index is 0.0147. The molecule has 2 atom stereocenters. The van der Waals surface area contributed by atoms with Gasteiger partial charge < -0.3 is 24.2 Å². The Labute approximate surface area is 211 Å². The molecule has 0 unspecified atom stereocenters. The molecule has 5 rings (SSSR count). The van der Waals surface area contributed by atoms with Gasteiger partial charge in [0.2, 0.25) is 11.8 Å². The van der Waals surface area contributed by atoms with E-state index in [1.165, 1.54) is 0 Å². The van der Waals surface area contributed by atoms with Gasteiger partial charge in [-0.1, -0.05) is 18.2 Å². The van der Waals surface area contributed by atoms with Gasteiger partial charge in [-0.3, -0.25) is 9.59 Å². The summed E-state index contributed by atoms with van der Waals surface area (Å²) in [5.41, 5.74) is 1.65. The predicted molar refractivity (Wildman–Crippen MR) is 137 cm³/mol. The van der Waals surface area contributed by atoms with Crippen LogP contribution in [-0.4, -0.2) is 62.1 Å². The Morgan fingerprint density at radius 2 is 1.50 bits per heavy atom. The number of hydrogen-bond acceptors (Lipinski definition) is 6. The normalized spacial score (nSPS) is 19.9. The molecule has 0 bridgehead atoms. The smallest absolute Gasteiger partial charge is 0.228 e. The fraction of sp³-hybridized carbons (Fsp3) is 0.321. The highest BCUT2D eigenvalue weighted by molar-refractivity contribution is 6.01. The third kappa shape index (κ3) is 4.58. The summed E-state index contributed by atoms with van der Waals surface area (Å²) in [6.07, 6.45) is 1.95. The van der Waals surface area contributed by atoms with Gasteiger partial charge in [-0.05, 0) is 54.1 Å². The summed E-state index contributed by atoms with van der Waals surface area (Å²) in [7, 11) is 3.23. The van der Waals surface area contributed by atoms with E-state index in [0.717, 1.165) is 22.8 Å². The van der Waals surface area contributed by atoms with Crippen molar-refractivity contribution in [3.63, 3.8) is 0 Å². The number of nitrogens with zero attached hydrogens (tertiary/aromatic N) is 4. The number of anilines is 2. The van der Waals surface area contributed by atoms with Crippen molar-refractivity contribution < 1.29 is 19.1 Å². The molecule has 8 nitrogen and oxygen atoms in total. The van der Waals surface area contributed by atoms with Crippen molar-refractivity contribution in [1.29, 1.82) is 0 Å². The summed E-state index contributed by atoms with van der Waals surface area (Å²) in [4.78, 5) is 37.5. The van der Waals surface area contributed by atoms with Crippen LogP contribution >= 0.6 is 0 Å². The average molecular weight is 487 g/mol. The molecule has 2 saturated heterocycles. The maximum absolute atomic E-state index is 13.8. The van der Waals surface area contributed by atoms with Crippen molar-refractivity contribution in [2.45, 2.75) is 12.5 Å². The SMILES string of the molecule is COc1ccc([C@@H]2[C@@H](C(=O)N3CCN(c4ccccn4)CC3)CC(=O)N2c2ccc(OC)cc2)cc1. The fourth-order valence-corrected chi connectivity index (χ4v) is 5.12. The summed E-state index contributed by atoms with van der Waals surface area (Å²) in [6, 6.07) is 20.5. The molecule has 2 aliphatic heterocycles. The molecule has 36 heavy (non-hydrogen) atoms. The van der Waals surface area contributed by atoms with Gasteiger partial charge in [0.25, 0.3) is 0 Å². The number of ether oxygens (including phenoxy) is 2. The Balaban J connectivity index is 1.40. The van der Waals surface area contributed by atoms with Gasteiger partial charge in [-0.15, -0.1) is 0 Å². The van der Waals surface area contributed by atoms with Crippen LogP contribution in [0.15, 0.2) is 72.9 Å². The molecular formula is C28H30N4O4. The van der Waals surface area contributed by atoms with Crippen molar-refractivity contribution in [2.24, 2.45) is 5.92 Å². The van der Waals surface area contributed by atoms with Crippen LogP contribution in [0.3, 0.4) is 0 Å². The van der Waals surface area contributed by atoms with Gasteiger partial charge in [0.05, 0.1) is 26.2 Å². The van der Waals surface area contributed by atoms with Gasteiger partial charge in [0.1, 0.15) is 17.3 Å². The van der Waals surface area contributed by atoms with E-state index in [1.54, 1.807) is 25.3 Å². The summed E-state index contributed by atoms with van der Waals surface area (Å²) in [5, 5.41) is 0. The first-order chi connectivity index (χ1) is 17.6. The molecule has 0 spiro atoms. The van der Waals surface area contributed by atoms with Gasteiger partial charge in [0.15, 0.2) is 0 Å². The monoisotopic (exact) mass is 486 g/mol. The Morgan fingerprint density at radius 3 is 2.08 bits per heavy atom. The Kier molecular flexibility index (Phi) is 6.75. The third-order valence-electron chi connectivity index (χ3n) is 7.01. The van der Waals surface area contributed by atoms with Gasteiger partial charge >= 0.3 is 0 Å². The molecule has 2 aromatic carbocycles. The van der Waals surface area contributed by atoms with E-state index in [2.05, 4.69) is 9.88 Å². The molecule has 2 amide bonds. The molecule has 0 saturated carbocycles. The van der Waals surface area contributed by atoms with Crippen LogP contribution < -0.4 is 19.3 Å². The second-order valence-electron chi connectivity index (χ2n) is 8.99. The first-order valence-corrected chi connectivity index (χ1v) is 12.1. The summed E-state index contributed by atoms with van der Waals surface area (Å²) in [6.45, 7) is 2.60. The number of carbonyl (C=O) groups is 2. The lowest BCUT2D eigenvalue weighted by atomic mass is 9.91. The zero-order valence-electron chi connectivity index (χ0n) is 20.5. The minimum Gasteiger partial charge on any atom is -0.497 e. The van der Waals surface area contributed by atoms with E-state index in [-0.39, 0.29) is 18.2 Å². The number of piperazine rings is 1. The van der Waals surface area contributed by atoms with Gasteiger partial charge in [-0.25, -0.2) is 4.98 Å². The largest absolute Gasteiger partial charge is 0.497 e. The van der Waals surface area contributed by atoms with Crippen molar-refractivity contribution in [3.8, 4) is 11.5 Å². The zero-order valence-corrected chi connectivity index (χ0v) is 20.5. The summed E-state index contributed by atoms with van der Waals surface area (Å²) < 4.78 is 10.6. The van der Waals surface area contributed by atoms with Crippen LogP contribution in [0.2, 0.25) is 0 Å². The van der Waals surface area contributed by atoms with Gasteiger partial charge in [0, 0.05) is 44.5 Å². The van der Waals surface area contributed by atoms with Crippen molar-refractivity contribution in [2.75, 3.05) is 50.2 Å². The van der Waals surface area contributed by atoms with Crippen LogP contribution in [0, 0.1) is 5.92 Å². The Hall–Kier alpha value is -4.07. The molecule has 2 aliphatic rings. The highest BCUT2D eigenvalue weighted by Crippen LogP contribution is 2.43. The topological polar surface area (TPSA) is 75.2 Å².